The molecule has 6 fully saturated rings. The first-order valence-corrected chi connectivity index (χ1v) is 25.7. The normalized spacial score (nSPS) is 40.9. The number of ether oxygens (including phenoxy) is 2. The molecule has 330 valence electrons. The molecule has 0 aromatic heterocycles. The topological polar surface area (TPSA) is 102 Å². The number of esters is 2. The average Bonchev–Trinajstić information content (AvgIpc) is 3.52. The van der Waals surface area contributed by atoms with Crippen LogP contribution in [-0.4, -0.2) is 80.7 Å². The molecular weight excluding hydrogens is 745 g/mol. The highest BCUT2D eigenvalue weighted by molar-refractivity contribution is 7.91. The summed E-state index contributed by atoms with van der Waals surface area (Å²) in [6, 6.07) is 0. The van der Waals surface area contributed by atoms with Crippen LogP contribution in [0.3, 0.4) is 0 Å². The summed E-state index contributed by atoms with van der Waals surface area (Å²) in [4.78, 5) is 29.5. The Morgan fingerprint density at radius 3 is 1.97 bits per heavy atom. The van der Waals surface area contributed by atoms with E-state index < -0.39 is 27.2 Å². The van der Waals surface area contributed by atoms with E-state index in [1.54, 1.807) is 5.57 Å². The van der Waals surface area contributed by atoms with Gasteiger partial charge in [0, 0.05) is 31.7 Å². The van der Waals surface area contributed by atoms with E-state index in [9.17, 15) is 18.0 Å². The first-order chi connectivity index (χ1) is 27.1. The molecule has 0 amide bonds. The van der Waals surface area contributed by atoms with Crippen LogP contribution < -0.4 is 5.32 Å². The SMILES string of the molecule is CC(C)OC(=O)C1(C(=O)OC(C)C)CCC(C2=CCC3(C)C(CCC4(C)C3CCC3C5C(C(C)C)CCC5(NCCN5CCS(=O)(=O)CC5)CCC34C)C2(C)C)CC1. The van der Waals surface area contributed by atoms with Gasteiger partial charge >= 0.3 is 11.9 Å². The van der Waals surface area contributed by atoms with Crippen LogP contribution in [0.4, 0.5) is 0 Å². The molecule has 0 aromatic carbocycles. The number of hydrogen-bond donors (Lipinski definition) is 1. The summed E-state index contributed by atoms with van der Waals surface area (Å²) < 4.78 is 35.6. The van der Waals surface area contributed by atoms with Gasteiger partial charge < -0.3 is 19.7 Å². The van der Waals surface area contributed by atoms with Crippen molar-refractivity contribution in [3.63, 3.8) is 0 Å². The number of hydrogen-bond acceptors (Lipinski definition) is 8. The third-order valence-corrected chi connectivity index (χ3v) is 20.7. The molecule has 1 saturated heterocycles. The van der Waals surface area contributed by atoms with Crippen molar-refractivity contribution in [2.24, 2.45) is 68.5 Å². The lowest BCUT2D eigenvalue weighted by Crippen LogP contribution is -2.68. The van der Waals surface area contributed by atoms with Gasteiger partial charge in [-0.15, -0.1) is 0 Å². The van der Waals surface area contributed by atoms with Gasteiger partial charge in [-0.3, -0.25) is 9.59 Å². The van der Waals surface area contributed by atoms with Crippen LogP contribution in [0.15, 0.2) is 11.6 Å². The van der Waals surface area contributed by atoms with Gasteiger partial charge in [0.25, 0.3) is 0 Å². The van der Waals surface area contributed by atoms with E-state index in [4.69, 9.17) is 9.47 Å². The first-order valence-electron chi connectivity index (χ1n) is 23.9. The van der Waals surface area contributed by atoms with Crippen LogP contribution >= 0.6 is 0 Å². The molecule has 9 heteroatoms. The number of nitrogens with one attached hydrogen (secondary N) is 1. The molecule has 7 aliphatic rings. The van der Waals surface area contributed by atoms with Gasteiger partial charge in [-0.2, -0.15) is 0 Å². The fraction of sp³-hybridized carbons (Fsp3) is 0.918. The van der Waals surface area contributed by atoms with E-state index in [0.717, 1.165) is 44.2 Å². The number of fused-ring (bicyclic) bond motifs is 7. The Bertz CT molecular complexity index is 1660. The van der Waals surface area contributed by atoms with Crippen LogP contribution in [0.2, 0.25) is 0 Å². The van der Waals surface area contributed by atoms with Crippen molar-refractivity contribution < 1.29 is 27.5 Å². The van der Waals surface area contributed by atoms with Gasteiger partial charge in [-0.05, 0) is 174 Å². The molecule has 0 bridgehead atoms. The highest BCUT2D eigenvalue weighted by atomic mass is 32.2. The maximum absolute atomic E-state index is 13.6. The number of rotatable bonds is 10. The van der Waals surface area contributed by atoms with Crippen molar-refractivity contribution in [2.75, 3.05) is 37.7 Å². The van der Waals surface area contributed by atoms with Gasteiger partial charge in [0.2, 0.25) is 0 Å². The number of allylic oxidation sites excluding steroid dienone is 2. The zero-order valence-corrected chi connectivity index (χ0v) is 39.3. The molecule has 6 aliphatic carbocycles. The van der Waals surface area contributed by atoms with E-state index in [-0.39, 0.29) is 34.0 Å². The summed E-state index contributed by atoms with van der Waals surface area (Å²) in [7, 11) is -2.86. The quantitative estimate of drug-likeness (QED) is 0.132. The van der Waals surface area contributed by atoms with E-state index in [2.05, 4.69) is 64.8 Å². The maximum Gasteiger partial charge on any atom is 0.323 e. The van der Waals surface area contributed by atoms with Gasteiger partial charge in [-0.1, -0.05) is 60.1 Å². The van der Waals surface area contributed by atoms with Crippen molar-refractivity contribution >= 4 is 21.8 Å². The smallest absolute Gasteiger partial charge is 0.323 e. The lowest BCUT2D eigenvalue weighted by molar-refractivity contribution is -0.223. The van der Waals surface area contributed by atoms with Gasteiger partial charge in [0.05, 0.1) is 23.7 Å². The second-order valence-corrected chi connectivity index (χ2v) is 25.4. The monoisotopic (exact) mass is 827 g/mol. The van der Waals surface area contributed by atoms with Gasteiger partial charge in [0.1, 0.15) is 0 Å². The molecule has 1 heterocycles. The molecule has 9 unspecified atom stereocenters. The minimum Gasteiger partial charge on any atom is -0.462 e. The second kappa shape index (κ2) is 15.7. The third-order valence-electron chi connectivity index (χ3n) is 19.1. The number of carbonyl (C=O) groups is 2. The first kappa shape index (κ1) is 44.6. The Morgan fingerprint density at radius 2 is 1.38 bits per heavy atom. The predicted octanol–water partition coefficient (Wildman–Crippen LogP) is 9.41. The molecule has 58 heavy (non-hydrogen) atoms. The highest BCUT2D eigenvalue weighted by Gasteiger charge is 2.70. The lowest BCUT2D eigenvalue weighted by Gasteiger charge is -2.72. The van der Waals surface area contributed by atoms with Gasteiger partial charge in [-0.25, -0.2) is 8.42 Å². The number of nitrogens with zero attached hydrogens (tertiary/aromatic N) is 1. The Morgan fingerprint density at radius 1 is 0.759 bits per heavy atom. The van der Waals surface area contributed by atoms with Crippen molar-refractivity contribution in [2.45, 2.75) is 177 Å². The van der Waals surface area contributed by atoms with Crippen LogP contribution in [-0.2, 0) is 28.9 Å². The summed E-state index contributed by atoms with van der Waals surface area (Å²) >= 11 is 0. The largest absolute Gasteiger partial charge is 0.462 e. The molecule has 8 nitrogen and oxygen atoms in total. The third kappa shape index (κ3) is 7.28. The average molecular weight is 827 g/mol. The molecule has 5 saturated carbocycles. The van der Waals surface area contributed by atoms with Crippen molar-refractivity contribution in [1.29, 1.82) is 0 Å². The molecule has 0 aromatic rings. The zero-order valence-electron chi connectivity index (χ0n) is 38.5. The van der Waals surface area contributed by atoms with Crippen molar-refractivity contribution in [1.82, 2.24) is 10.2 Å². The van der Waals surface area contributed by atoms with E-state index in [1.165, 1.54) is 51.4 Å². The molecular formula is C49H82N2O6S. The summed E-state index contributed by atoms with van der Waals surface area (Å²) in [6.07, 6.45) is 16.2. The van der Waals surface area contributed by atoms with Gasteiger partial charge in [0.15, 0.2) is 15.3 Å². The van der Waals surface area contributed by atoms with E-state index >= 15 is 0 Å². The number of sulfone groups is 1. The maximum atomic E-state index is 13.6. The molecule has 9 atom stereocenters. The van der Waals surface area contributed by atoms with E-state index in [1.807, 2.05) is 27.7 Å². The molecule has 1 N–H and O–H groups in total. The van der Waals surface area contributed by atoms with Crippen molar-refractivity contribution in [3.05, 3.63) is 11.6 Å². The lowest BCUT2D eigenvalue weighted by atomic mass is 9.32. The predicted molar refractivity (Wildman–Crippen MR) is 233 cm³/mol. The minimum atomic E-state index is -2.86. The molecule has 0 radical (unpaired) electrons. The Hall–Kier alpha value is -1.45. The highest BCUT2D eigenvalue weighted by Crippen LogP contribution is 2.76. The summed E-state index contributed by atoms with van der Waals surface area (Å²) in [5, 5.41) is 4.27. The minimum absolute atomic E-state index is 0.0476. The van der Waals surface area contributed by atoms with Crippen LogP contribution in [0.1, 0.15) is 160 Å². The summed E-state index contributed by atoms with van der Waals surface area (Å²) in [5.74, 6) is 4.29. The molecule has 7 rings (SSSR count). The number of carbonyl (C=O) groups excluding carboxylic acids is 2. The van der Waals surface area contributed by atoms with E-state index in [0.29, 0.717) is 72.4 Å². The Labute approximate surface area is 353 Å². The summed E-state index contributed by atoms with van der Waals surface area (Å²) in [6.45, 7) is 28.9. The zero-order chi connectivity index (χ0) is 42.3. The van der Waals surface area contributed by atoms with Crippen LogP contribution in [0.5, 0.6) is 0 Å². The summed E-state index contributed by atoms with van der Waals surface area (Å²) in [5.41, 5.74) is 1.43. The van der Waals surface area contributed by atoms with Crippen LogP contribution in [0.25, 0.3) is 0 Å². The van der Waals surface area contributed by atoms with Crippen LogP contribution in [0, 0.1) is 68.5 Å². The molecule has 1 aliphatic heterocycles. The molecule has 0 spiro atoms. The van der Waals surface area contributed by atoms with Crippen molar-refractivity contribution in [3.8, 4) is 0 Å². The fourth-order valence-corrected chi connectivity index (χ4v) is 17.3. The standard InChI is InChI=1S/C49H82N2O6S/c1-32(2)36-16-23-49(50-26-27-51-28-30-58(54,55)31-29-51)25-24-46(10)38(41(36)49)12-13-40-45(9)19-17-37(44(7,8)39(45)18-20-47(40,46)11)35-14-21-48(22-15-35,42(52)56-33(3)4)43(53)57-34(5)6/h17,32-36,38-41,50H,12-16,18-31H2,1-11H3. The second-order valence-electron chi connectivity index (χ2n) is 23.1. The Balaban J connectivity index is 1.10. The Kier molecular flexibility index (Phi) is 12.1. The fourth-order valence-electron chi connectivity index (χ4n) is 16.0.